The van der Waals surface area contributed by atoms with E-state index < -0.39 is 0 Å². The summed E-state index contributed by atoms with van der Waals surface area (Å²) in [7, 11) is 0. The standard InChI is InChI=1S/C29H48O/c1-7-21(19(2)3)9-8-20(4)25-12-13-26-24-11-10-22-18-23(30)14-16-28(22,5)27(24)15-17-29(25,26)6/h8-10,19-21,23-27,30H,7,11-18H2,1-6H3/b9-8+/t20-,21-,23+,24-,25+,26-,27-,28+,29-/m1/s1. The molecule has 0 aromatic carbocycles. The Balaban J connectivity index is 1.52. The van der Waals surface area contributed by atoms with Gasteiger partial charge in [-0.3, -0.25) is 0 Å². The second-order valence-corrected chi connectivity index (χ2v) is 12.4. The minimum absolute atomic E-state index is 0.0870. The van der Waals surface area contributed by atoms with Crippen molar-refractivity contribution in [2.24, 2.45) is 52.3 Å². The molecule has 1 nitrogen and oxygen atoms in total. The van der Waals surface area contributed by atoms with Gasteiger partial charge in [0.2, 0.25) is 0 Å². The van der Waals surface area contributed by atoms with Crippen LogP contribution in [0.3, 0.4) is 0 Å². The van der Waals surface area contributed by atoms with Crippen LogP contribution in [-0.2, 0) is 0 Å². The van der Waals surface area contributed by atoms with Crippen molar-refractivity contribution >= 4 is 0 Å². The fraction of sp³-hybridized carbons (Fsp3) is 0.862. The molecule has 0 aliphatic heterocycles. The van der Waals surface area contributed by atoms with Crippen LogP contribution >= 0.6 is 0 Å². The van der Waals surface area contributed by atoms with Gasteiger partial charge in [-0.25, -0.2) is 0 Å². The molecule has 0 aromatic rings. The molecule has 4 aliphatic rings. The number of aliphatic hydroxyl groups is 1. The summed E-state index contributed by atoms with van der Waals surface area (Å²) < 4.78 is 0. The Morgan fingerprint density at radius 3 is 2.50 bits per heavy atom. The molecule has 0 saturated heterocycles. The van der Waals surface area contributed by atoms with Gasteiger partial charge in [-0.15, -0.1) is 0 Å². The maximum Gasteiger partial charge on any atom is 0.0577 e. The van der Waals surface area contributed by atoms with Gasteiger partial charge in [0.1, 0.15) is 0 Å². The van der Waals surface area contributed by atoms with Crippen LogP contribution < -0.4 is 0 Å². The first kappa shape index (κ1) is 22.6. The Morgan fingerprint density at radius 1 is 1.03 bits per heavy atom. The third-order valence-electron chi connectivity index (χ3n) is 10.8. The summed E-state index contributed by atoms with van der Waals surface area (Å²) in [5.74, 6) is 5.70. The first-order valence-electron chi connectivity index (χ1n) is 13.3. The summed E-state index contributed by atoms with van der Waals surface area (Å²) in [5, 5.41) is 10.2. The monoisotopic (exact) mass is 412 g/mol. The first-order chi connectivity index (χ1) is 14.2. The largest absolute Gasteiger partial charge is 0.393 e. The van der Waals surface area contributed by atoms with Gasteiger partial charge in [0, 0.05) is 0 Å². The van der Waals surface area contributed by atoms with Gasteiger partial charge >= 0.3 is 0 Å². The van der Waals surface area contributed by atoms with Crippen LogP contribution in [0.25, 0.3) is 0 Å². The summed E-state index contributed by atoms with van der Waals surface area (Å²) >= 11 is 0. The summed E-state index contributed by atoms with van der Waals surface area (Å²) in [6.45, 7) is 14.8. The van der Waals surface area contributed by atoms with Crippen molar-refractivity contribution in [2.45, 2.75) is 105 Å². The zero-order valence-corrected chi connectivity index (χ0v) is 20.7. The lowest BCUT2D eigenvalue weighted by Crippen LogP contribution is -2.50. The molecule has 1 N–H and O–H groups in total. The van der Waals surface area contributed by atoms with E-state index in [1.165, 1.54) is 44.9 Å². The lowest BCUT2D eigenvalue weighted by molar-refractivity contribution is -0.0540. The van der Waals surface area contributed by atoms with E-state index >= 15 is 0 Å². The van der Waals surface area contributed by atoms with E-state index in [4.69, 9.17) is 0 Å². The van der Waals surface area contributed by atoms with Gasteiger partial charge in [-0.05, 0) is 110 Å². The molecule has 4 aliphatic carbocycles. The highest BCUT2D eigenvalue weighted by Crippen LogP contribution is 2.67. The molecular formula is C29H48O. The lowest BCUT2D eigenvalue weighted by atomic mass is 9.47. The fourth-order valence-corrected chi connectivity index (χ4v) is 8.83. The molecule has 1 heteroatoms. The summed E-state index contributed by atoms with van der Waals surface area (Å²) in [5.41, 5.74) is 2.51. The molecule has 0 spiro atoms. The molecule has 9 atom stereocenters. The molecule has 0 aromatic heterocycles. The fourth-order valence-electron chi connectivity index (χ4n) is 8.83. The third kappa shape index (κ3) is 3.66. The smallest absolute Gasteiger partial charge is 0.0577 e. The van der Waals surface area contributed by atoms with Crippen molar-refractivity contribution in [1.29, 1.82) is 0 Å². The molecule has 0 amide bonds. The van der Waals surface area contributed by atoms with E-state index in [9.17, 15) is 5.11 Å². The Bertz CT molecular complexity index is 674. The molecule has 3 saturated carbocycles. The molecule has 30 heavy (non-hydrogen) atoms. The number of aliphatic hydroxyl groups excluding tert-OH is 1. The molecule has 4 rings (SSSR count). The van der Waals surface area contributed by atoms with Gasteiger partial charge in [0.05, 0.1) is 6.10 Å². The molecule has 0 heterocycles. The van der Waals surface area contributed by atoms with Crippen LogP contribution in [0.4, 0.5) is 0 Å². The van der Waals surface area contributed by atoms with Gasteiger partial charge in [0.15, 0.2) is 0 Å². The summed E-state index contributed by atoms with van der Waals surface area (Å²) in [6.07, 6.45) is 19.1. The maximum atomic E-state index is 10.2. The molecule has 0 unspecified atom stereocenters. The molecule has 0 radical (unpaired) electrons. The van der Waals surface area contributed by atoms with E-state index in [-0.39, 0.29) is 6.10 Å². The summed E-state index contributed by atoms with van der Waals surface area (Å²) in [6, 6.07) is 0. The van der Waals surface area contributed by atoms with Crippen LogP contribution in [0.15, 0.2) is 23.8 Å². The second kappa shape index (κ2) is 8.42. The number of fused-ring (bicyclic) bond motifs is 5. The Morgan fingerprint density at radius 2 is 1.80 bits per heavy atom. The van der Waals surface area contributed by atoms with E-state index in [0.29, 0.717) is 16.7 Å². The zero-order chi connectivity index (χ0) is 21.7. The predicted octanol–water partition coefficient (Wildman–Crippen LogP) is 7.80. The van der Waals surface area contributed by atoms with E-state index in [2.05, 4.69) is 59.8 Å². The van der Waals surface area contributed by atoms with Crippen molar-refractivity contribution in [2.75, 3.05) is 0 Å². The van der Waals surface area contributed by atoms with Crippen molar-refractivity contribution in [1.82, 2.24) is 0 Å². The third-order valence-corrected chi connectivity index (χ3v) is 10.8. The Hall–Kier alpha value is -0.560. The van der Waals surface area contributed by atoms with Crippen LogP contribution in [0.2, 0.25) is 0 Å². The maximum absolute atomic E-state index is 10.2. The molecule has 0 bridgehead atoms. The van der Waals surface area contributed by atoms with Gasteiger partial charge in [-0.2, -0.15) is 0 Å². The van der Waals surface area contributed by atoms with Crippen molar-refractivity contribution in [3.05, 3.63) is 23.8 Å². The topological polar surface area (TPSA) is 20.2 Å². The molecule has 3 fully saturated rings. The second-order valence-electron chi connectivity index (χ2n) is 12.4. The minimum atomic E-state index is -0.0870. The van der Waals surface area contributed by atoms with Crippen LogP contribution in [0, 0.1) is 52.3 Å². The number of allylic oxidation sites excluding steroid dienone is 3. The van der Waals surface area contributed by atoms with Crippen molar-refractivity contribution in [3.8, 4) is 0 Å². The highest BCUT2D eigenvalue weighted by Gasteiger charge is 2.58. The Kier molecular flexibility index (Phi) is 6.35. The van der Waals surface area contributed by atoms with Gasteiger partial charge < -0.3 is 5.11 Å². The highest BCUT2D eigenvalue weighted by molar-refractivity contribution is 5.25. The van der Waals surface area contributed by atoms with Crippen LogP contribution in [0.1, 0.15) is 99.3 Å². The average Bonchev–Trinajstić information content (AvgIpc) is 3.06. The van der Waals surface area contributed by atoms with Crippen molar-refractivity contribution < 1.29 is 5.11 Å². The van der Waals surface area contributed by atoms with Crippen molar-refractivity contribution in [3.63, 3.8) is 0 Å². The summed E-state index contributed by atoms with van der Waals surface area (Å²) in [4.78, 5) is 0. The number of rotatable bonds is 5. The zero-order valence-electron chi connectivity index (χ0n) is 20.7. The van der Waals surface area contributed by atoms with E-state index in [1.807, 2.05) is 0 Å². The SMILES string of the molecule is CC[C@H](/C=C/[C@@H](C)[C@@H]1CC[C@@H]2[C@H]3CC=C4C[C@@H](O)CC[C@]4(C)[C@@H]3CC[C@@]21C)C(C)C. The molecular weight excluding hydrogens is 364 g/mol. The number of hydrogen-bond acceptors (Lipinski definition) is 1. The molecule has 170 valence electrons. The van der Waals surface area contributed by atoms with Crippen LogP contribution in [0.5, 0.6) is 0 Å². The average molecular weight is 413 g/mol. The highest BCUT2D eigenvalue weighted by atomic mass is 16.3. The first-order valence-corrected chi connectivity index (χ1v) is 13.3. The normalized spacial score (nSPS) is 45.6. The lowest BCUT2D eigenvalue weighted by Gasteiger charge is -2.58. The number of hydrogen-bond donors (Lipinski definition) is 1. The quantitative estimate of drug-likeness (QED) is 0.457. The van der Waals surface area contributed by atoms with Crippen LogP contribution in [-0.4, -0.2) is 11.2 Å². The van der Waals surface area contributed by atoms with E-state index in [1.54, 1.807) is 5.57 Å². The minimum Gasteiger partial charge on any atom is -0.393 e. The predicted molar refractivity (Wildman–Crippen MR) is 128 cm³/mol. The van der Waals surface area contributed by atoms with Gasteiger partial charge in [-0.1, -0.05) is 65.3 Å². The van der Waals surface area contributed by atoms with Gasteiger partial charge in [0.25, 0.3) is 0 Å². The van der Waals surface area contributed by atoms with E-state index in [0.717, 1.165) is 48.3 Å². The Labute approximate surface area is 186 Å².